The summed E-state index contributed by atoms with van der Waals surface area (Å²) in [6.45, 7) is 0.272. The minimum absolute atomic E-state index is 0.272. The monoisotopic (exact) mass is 352 g/mol. The van der Waals surface area contributed by atoms with Crippen LogP contribution in [0.15, 0.2) is 46.9 Å². The predicted octanol–water partition coefficient (Wildman–Crippen LogP) is 3.33. The van der Waals surface area contributed by atoms with Crippen LogP contribution >= 0.6 is 15.9 Å². The molecular weight excluding hydrogens is 339 g/mol. The van der Waals surface area contributed by atoms with Gasteiger partial charge < -0.3 is 14.6 Å². The van der Waals surface area contributed by atoms with Crippen LogP contribution in [0.2, 0.25) is 0 Å². The summed E-state index contributed by atoms with van der Waals surface area (Å²) < 4.78 is 25.3. The lowest BCUT2D eigenvalue weighted by atomic mass is 10.0. The summed E-state index contributed by atoms with van der Waals surface area (Å²) in [5.41, 5.74) is 0.705. The summed E-state index contributed by atoms with van der Waals surface area (Å²) in [5, 5.41) is 10.3. The molecule has 0 fully saturated rings. The zero-order valence-corrected chi connectivity index (χ0v) is 12.7. The van der Waals surface area contributed by atoms with Gasteiger partial charge in [0.2, 0.25) is 0 Å². The summed E-state index contributed by atoms with van der Waals surface area (Å²) in [4.78, 5) is 0. The van der Waals surface area contributed by atoms with E-state index in [0.717, 1.165) is 0 Å². The van der Waals surface area contributed by atoms with Crippen LogP contribution in [0.1, 0.15) is 5.56 Å². The van der Waals surface area contributed by atoms with Crippen molar-refractivity contribution in [1.82, 2.24) is 0 Å². The molecule has 5 heteroatoms. The Labute approximate surface area is 130 Å². The molecule has 1 aliphatic rings. The van der Waals surface area contributed by atoms with E-state index in [9.17, 15) is 9.50 Å². The molecule has 0 aromatic heterocycles. The highest BCUT2D eigenvalue weighted by atomic mass is 79.9. The van der Waals surface area contributed by atoms with E-state index >= 15 is 0 Å². The van der Waals surface area contributed by atoms with Gasteiger partial charge >= 0.3 is 0 Å². The molecule has 0 amide bonds. The summed E-state index contributed by atoms with van der Waals surface area (Å²) in [7, 11) is 0. The third-order valence-corrected chi connectivity index (χ3v) is 3.78. The van der Waals surface area contributed by atoms with Crippen LogP contribution in [0, 0.1) is 5.82 Å². The molecule has 2 atom stereocenters. The van der Waals surface area contributed by atoms with Crippen molar-refractivity contribution in [3.63, 3.8) is 0 Å². The van der Waals surface area contributed by atoms with Crippen molar-refractivity contribution in [2.75, 3.05) is 6.61 Å². The first-order chi connectivity index (χ1) is 10.1. The number of benzene rings is 2. The maximum Gasteiger partial charge on any atom is 0.161 e. The zero-order valence-electron chi connectivity index (χ0n) is 11.1. The molecule has 0 aliphatic carbocycles. The van der Waals surface area contributed by atoms with Gasteiger partial charge in [0, 0.05) is 10.9 Å². The molecule has 0 bridgehead atoms. The first kappa shape index (κ1) is 14.4. The van der Waals surface area contributed by atoms with Gasteiger partial charge in [-0.15, -0.1) is 0 Å². The Morgan fingerprint density at radius 3 is 2.76 bits per heavy atom. The van der Waals surface area contributed by atoms with E-state index in [4.69, 9.17) is 9.47 Å². The van der Waals surface area contributed by atoms with Crippen LogP contribution in [0.3, 0.4) is 0 Å². The van der Waals surface area contributed by atoms with E-state index in [1.54, 1.807) is 12.1 Å². The van der Waals surface area contributed by atoms with E-state index in [0.29, 0.717) is 28.0 Å². The Morgan fingerprint density at radius 2 is 2.00 bits per heavy atom. The molecule has 1 aliphatic heterocycles. The quantitative estimate of drug-likeness (QED) is 0.920. The third kappa shape index (κ3) is 3.36. The molecule has 3 rings (SSSR count). The van der Waals surface area contributed by atoms with Gasteiger partial charge in [0.25, 0.3) is 0 Å². The first-order valence-electron chi connectivity index (χ1n) is 6.63. The highest BCUT2D eigenvalue weighted by Gasteiger charge is 2.27. The molecule has 1 heterocycles. The second kappa shape index (κ2) is 6.03. The molecule has 110 valence electrons. The Balaban J connectivity index is 1.70. The predicted molar refractivity (Wildman–Crippen MR) is 80.2 cm³/mol. The minimum Gasteiger partial charge on any atom is -0.486 e. The van der Waals surface area contributed by atoms with Crippen molar-refractivity contribution < 1.29 is 19.0 Å². The third-order valence-electron chi connectivity index (χ3n) is 3.33. The standard InChI is InChI=1S/C16H14BrFO3/c17-11-5-10(6-12(18)8-11)7-13(19)16-9-20-14-3-1-2-4-15(14)21-16/h1-6,8,13,16,19H,7,9H2. The number of fused-ring (bicyclic) bond motifs is 1. The van der Waals surface area contributed by atoms with Gasteiger partial charge in [0.1, 0.15) is 12.4 Å². The van der Waals surface area contributed by atoms with Crippen molar-refractivity contribution in [2.45, 2.75) is 18.6 Å². The Hall–Kier alpha value is -1.59. The number of para-hydroxylation sites is 2. The van der Waals surface area contributed by atoms with Crippen molar-refractivity contribution in [1.29, 1.82) is 0 Å². The summed E-state index contributed by atoms with van der Waals surface area (Å²) in [6.07, 6.45) is -0.943. The van der Waals surface area contributed by atoms with Gasteiger partial charge in [-0.3, -0.25) is 0 Å². The molecule has 2 unspecified atom stereocenters. The van der Waals surface area contributed by atoms with Crippen LogP contribution in [-0.2, 0) is 6.42 Å². The Morgan fingerprint density at radius 1 is 1.24 bits per heavy atom. The lowest BCUT2D eigenvalue weighted by molar-refractivity contribution is -0.00943. The van der Waals surface area contributed by atoms with E-state index in [1.807, 2.05) is 18.2 Å². The highest BCUT2D eigenvalue weighted by Crippen LogP contribution is 2.32. The fraction of sp³-hybridized carbons (Fsp3) is 0.250. The molecule has 0 radical (unpaired) electrons. The molecule has 0 saturated heterocycles. The second-order valence-corrected chi connectivity index (χ2v) is 5.88. The molecule has 0 saturated carbocycles. The van der Waals surface area contributed by atoms with E-state index < -0.39 is 12.2 Å². The van der Waals surface area contributed by atoms with Crippen molar-refractivity contribution in [3.05, 3.63) is 58.3 Å². The van der Waals surface area contributed by atoms with Gasteiger partial charge in [-0.25, -0.2) is 4.39 Å². The van der Waals surface area contributed by atoms with Crippen molar-refractivity contribution in [3.8, 4) is 11.5 Å². The maximum absolute atomic E-state index is 13.4. The summed E-state index contributed by atoms with van der Waals surface area (Å²) in [6, 6.07) is 11.9. The lowest BCUT2D eigenvalue weighted by Gasteiger charge is -2.29. The van der Waals surface area contributed by atoms with Crippen molar-refractivity contribution >= 4 is 15.9 Å². The molecule has 3 nitrogen and oxygen atoms in total. The van der Waals surface area contributed by atoms with E-state index in [2.05, 4.69) is 15.9 Å². The van der Waals surface area contributed by atoms with Crippen LogP contribution in [0.4, 0.5) is 4.39 Å². The molecule has 1 N–H and O–H groups in total. The summed E-state index contributed by atoms with van der Waals surface area (Å²) >= 11 is 3.24. The largest absolute Gasteiger partial charge is 0.486 e. The number of aliphatic hydroxyl groups excluding tert-OH is 1. The minimum atomic E-state index is -0.771. The van der Waals surface area contributed by atoms with Gasteiger partial charge in [0.05, 0.1) is 6.10 Å². The molecule has 0 spiro atoms. The Kier molecular flexibility index (Phi) is 4.12. The molecule has 2 aromatic rings. The van der Waals surface area contributed by atoms with Gasteiger partial charge in [-0.1, -0.05) is 28.1 Å². The molecular formula is C16H14BrFO3. The smallest absolute Gasteiger partial charge is 0.161 e. The van der Waals surface area contributed by atoms with Crippen LogP contribution in [0.5, 0.6) is 11.5 Å². The normalized spacial score (nSPS) is 18.3. The van der Waals surface area contributed by atoms with Crippen molar-refractivity contribution in [2.24, 2.45) is 0 Å². The molecule has 2 aromatic carbocycles. The number of halogens is 2. The lowest BCUT2D eigenvalue weighted by Crippen LogP contribution is -2.40. The van der Waals surface area contributed by atoms with Crippen LogP contribution in [-0.4, -0.2) is 23.9 Å². The average molecular weight is 353 g/mol. The van der Waals surface area contributed by atoms with E-state index in [1.165, 1.54) is 12.1 Å². The maximum atomic E-state index is 13.4. The topological polar surface area (TPSA) is 38.7 Å². The van der Waals surface area contributed by atoms with Gasteiger partial charge in [-0.05, 0) is 35.9 Å². The fourth-order valence-electron chi connectivity index (χ4n) is 2.33. The Bertz CT molecular complexity index is 627. The zero-order chi connectivity index (χ0) is 14.8. The van der Waals surface area contributed by atoms with E-state index in [-0.39, 0.29) is 12.4 Å². The number of rotatable bonds is 3. The number of hydrogen-bond acceptors (Lipinski definition) is 3. The first-order valence-corrected chi connectivity index (χ1v) is 7.42. The summed E-state index contributed by atoms with van der Waals surface area (Å²) in [5.74, 6) is 0.959. The SMILES string of the molecule is OC(Cc1cc(F)cc(Br)c1)C1COc2ccccc2O1. The highest BCUT2D eigenvalue weighted by molar-refractivity contribution is 9.10. The molecule has 21 heavy (non-hydrogen) atoms. The van der Waals surface area contributed by atoms with Gasteiger partial charge in [-0.2, -0.15) is 0 Å². The number of aliphatic hydroxyl groups is 1. The second-order valence-electron chi connectivity index (χ2n) is 4.96. The van der Waals surface area contributed by atoms with Crippen LogP contribution < -0.4 is 9.47 Å². The van der Waals surface area contributed by atoms with Gasteiger partial charge in [0.15, 0.2) is 17.6 Å². The number of hydrogen-bond donors (Lipinski definition) is 1. The average Bonchev–Trinajstić information content (AvgIpc) is 2.45. The van der Waals surface area contributed by atoms with Crippen LogP contribution in [0.25, 0.3) is 0 Å². The number of ether oxygens (including phenoxy) is 2. The fourth-order valence-corrected chi connectivity index (χ4v) is 2.84.